The molecule has 0 aromatic heterocycles. The molecular formula is C19H26N2O4. The zero-order chi connectivity index (χ0) is 17.8. The molecule has 2 aliphatic heterocycles. The van der Waals surface area contributed by atoms with E-state index >= 15 is 0 Å². The zero-order valence-electron chi connectivity index (χ0n) is 15.0. The molecular weight excluding hydrogens is 320 g/mol. The smallest absolute Gasteiger partial charge is 0.312 e. The lowest BCUT2D eigenvalue weighted by Crippen LogP contribution is -2.47. The van der Waals surface area contributed by atoms with Crippen LogP contribution in [0.25, 0.3) is 0 Å². The largest absolute Gasteiger partial charge is 0.493 e. The molecule has 3 rings (SSSR count). The normalized spacial score (nSPS) is 17.5. The first-order chi connectivity index (χ1) is 12.1. The molecule has 136 valence electrons. The van der Waals surface area contributed by atoms with Crippen molar-refractivity contribution in [1.29, 1.82) is 0 Å². The highest BCUT2D eigenvalue weighted by Gasteiger charge is 2.30. The quantitative estimate of drug-likeness (QED) is 0.769. The number of benzene rings is 1. The van der Waals surface area contributed by atoms with E-state index < -0.39 is 0 Å². The van der Waals surface area contributed by atoms with Gasteiger partial charge in [0.1, 0.15) is 0 Å². The number of likely N-dealkylation sites (tertiary alicyclic amines) is 1. The van der Waals surface area contributed by atoms with Gasteiger partial charge in [0.05, 0.1) is 14.2 Å². The van der Waals surface area contributed by atoms with Gasteiger partial charge in [-0.3, -0.25) is 9.59 Å². The Morgan fingerprint density at radius 2 is 1.36 bits per heavy atom. The number of amides is 2. The van der Waals surface area contributed by atoms with Crippen LogP contribution >= 0.6 is 0 Å². The molecule has 1 aromatic rings. The molecule has 6 nitrogen and oxygen atoms in total. The summed E-state index contributed by atoms with van der Waals surface area (Å²) < 4.78 is 10.7. The first kappa shape index (κ1) is 17.6. The minimum absolute atomic E-state index is 0.356. The van der Waals surface area contributed by atoms with Crippen LogP contribution in [0, 0.1) is 0 Å². The van der Waals surface area contributed by atoms with Crippen molar-refractivity contribution in [2.45, 2.75) is 38.6 Å². The Labute approximate surface area is 148 Å². The van der Waals surface area contributed by atoms with Crippen molar-refractivity contribution in [1.82, 2.24) is 9.80 Å². The van der Waals surface area contributed by atoms with Crippen molar-refractivity contribution in [3.63, 3.8) is 0 Å². The van der Waals surface area contributed by atoms with E-state index in [1.165, 1.54) is 0 Å². The number of hydrogen-bond donors (Lipinski definition) is 0. The molecule has 2 amide bonds. The van der Waals surface area contributed by atoms with Gasteiger partial charge in [0.25, 0.3) is 0 Å². The molecule has 0 bridgehead atoms. The molecule has 2 aliphatic rings. The molecule has 0 aliphatic carbocycles. The summed E-state index contributed by atoms with van der Waals surface area (Å²) in [6, 6.07) is 3.87. The zero-order valence-corrected chi connectivity index (χ0v) is 15.0. The molecule has 6 heteroatoms. The number of methoxy groups -OCH3 is 2. The average Bonchev–Trinajstić information content (AvgIpc) is 2.94. The third-order valence-corrected chi connectivity index (χ3v) is 5.08. The maximum absolute atomic E-state index is 12.7. The fourth-order valence-corrected chi connectivity index (χ4v) is 3.60. The van der Waals surface area contributed by atoms with Crippen LogP contribution in [0.2, 0.25) is 0 Å². The standard InChI is InChI=1S/C19H26N2O4/c1-24-16-11-14-7-10-21(13-15(14)12-17(16)25-2)19(23)18(22)20-8-5-3-4-6-9-20/h11-12H,3-10,13H2,1-2H3. The number of carbonyl (C=O) groups is 2. The highest BCUT2D eigenvalue weighted by atomic mass is 16.5. The first-order valence-electron chi connectivity index (χ1n) is 8.96. The van der Waals surface area contributed by atoms with Crippen LogP contribution < -0.4 is 9.47 Å². The summed E-state index contributed by atoms with van der Waals surface area (Å²) in [6.45, 7) is 2.38. The number of fused-ring (bicyclic) bond motifs is 1. The van der Waals surface area contributed by atoms with E-state index in [4.69, 9.17) is 9.47 Å². The van der Waals surface area contributed by atoms with E-state index in [1.807, 2.05) is 12.1 Å². The van der Waals surface area contributed by atoms with Crippen molar-refractivity contribution in [2.24, 2.45) is 0 Å². The van der Waals surface area contributed by atoms with Gasteiger partial charge in [-0.2, -0.15) is 0 Å². The van der Waals surface area contributed by atoms with Gasteiger partial charge in [0, 0.05) is 26.2 Å². The molecule has 2 heterocycles. The summed E-state index contributed by atoms with van der Waals surface area (Å²) in [7, 11) is 3.21. The van der Waals surface area contributed by atoms with Gasteiger partial charge in [-0.15, -0.1) is 0 Å². The molecule has 1 fully saturated rings. The number of rotatable bonds is 2. The minimum atomic E-state index is -0.387. The summed E-state index contributed by atoms with van der Waals surface area (Å²) in [5.74, 6) is 0.601. The summed E-state index contributed by atoms with van der Waals surface area (Å²) in [4.78, 5) is 28.6. The van der Waals surface area contributed by atoms with Crippen molar-refractivity contribution >= 4 is 11.8 Å². The van der Waals surface area contributed by atoms with Gasteiger partial charge in [-0.05, 0) is 42.5 Å². The van der Waals surface area contributed by atoms with Gasteiger partial charge >= 0.3 is 11.8 Å². The van der Waals surface area contributed by atoms with E-state index in [2.05, 4.69) is 0 Å². The molecule has 1 aromatic carbocycles. The van der Waals surface area contributed by atoms with Gasteiger partial charge in [-0.25, -0.2) is 0 Å². The van der Waals surface area contributed by atoms with Crippen LogP contribution in [0.3, 0.4) is 0 Å². The highest BCUT2D eigenvalue weighted by molar-refractivity contribution is 6.34. The SMILES string of the molecule is COc1cc2c(cc1OC)CN(C(=O)C(=O)N1CCCCCC1)CC2. The van der Waals surface area contributed by atoms with E-state index in [1.54, 1.807) is 24.0 Å². The summed E-state index contributed by atoms with van der Waals surface area (Å²) in [6.07, 6.45) is 4.96. The van der Waals surface area contributed by atoms with Crippen LogP contribution in [-0.2, 0) is 22.6 Å². The van der Waals surface area contributed by atoms with Crippen molar-refractivity contribution in [3.8, 4) is 11.5 Å². The Kier molecular flexibility index (Phi) is 5.46. The molecule has 0 radical (unpaired) electrons. The van der Waals surface area contributed by atoms with Crippen LogP contribution in [-0.4, -0.2) is 55.5 Å². The van der Waals surface area contributed by atoms with Crippen LogP contribution in [0.5, 0.6) is 11.5 Å². The van der Waals surface area contributed by atoms with Crippen LogP contribution in [0.15, 0.2) is 12.1 Å². The van der Waals surface area contributed by atoms with Crippen LogP contribution in [0.4, 0.5) is 0 Å². The molecule has 25 heavy (non-hydrogen) atoms. The van der Waals surface area contributed by atoms with E-state index in [0.717, 1.165) is 36.8 Å². The molecule has 0 N–H and O–H groups in total. The number of hydrogen-bond acceptors (Lipinski definition) is 4. The third kappa shape index (κ3) is 3.72. The van der Waals surface area contributed by atoms with Gasteiger partial charge in [-0.1, -0.05) is 12.8 Å². The minimum Gasteiger partial charge on any atom is -0.493 e. The Morgan fingerprint density at radius 1 is 0.800 bits per heavy atom. The van der Waals surface area contributed by atoms with Crippen molar-refractivity contribution in [2.75, 3.05) is 33.9 Å². The van der Waals surface area contributed by atoms with Gasteiger partial charge in [0.15, 0.2) is 11.5 Å². The Balaban J connectivity index is 1.73. The maximum Gasteiger partial charge on any atom is 0.312 e. The molecule has 0 unspecified atom stereocenters. The van der Waals surface area contributed by atoms with E-state index in [-0.39, 0.29) is 11.8 Å². The van der Waals surface area contributed by atoms with Gasteiger partial charge in [0.2, 0.25) is 0 Å². The Bertz CT molecular complexity index is 651. The fraction of sp³-hybridized carbons (Fsp3) is 0.579. The second kappa shape index (κ2) is 7.76. The predicted octanol–water partition coefficient (Wildman–Crippen LogP) is 1.99. The molecule has 1 saturated heterocycles. The summed E-state index contributed by atoms with van der Waals surface area (Å²) in [5, 5.41) is 0. The van der Waals surface area contributed by atoms with E-state index in [0.29, 0.717) is 44.1 Å². The molecule has 0 spiro atoms. The number of carbonyl (C=O) groups excluding carboxylic acids is 2. The average molecular weight is 346 g/mol. The summed E-state index contributed by atoms with van der Waals surface area (Å²) >= 11 is 0. The maximum atomic E-state index is 12.7. The second-order valence-corrected chi connectivity index (χ2v) is 6.66. The first-order valence-corrected chi connectivity index (χ1v) is 8.96. The topological polar surface area (TPSA) is 59.1 Å². The third-order valence-electron chi connectivity index (χ3n) is 5.08. The number of nitrogens with zero attached hydrogens (tertiary/aromatic N) is 2. The number of ether oxygens (including phenoxy) is 2. The fourth-order valence-electron chi connectivity index (χ4n) is 3.60. The lowest BCUT2D eigenvalue weighted by atomic mass is 9.98. The van der Waals surface area contributed by atoms with Gasteiger partial charge < -0.3 is 19.3 Å². The highest BCUT2D eigenvalue weighted by Crippen LogP contribution is 2.33. The Hall–Kier alpha value is -2.24. The lowest BCUT2D eigenvalue weighted by molar-refractivity contribution is -0.152. The monoisotopic (exact) mass is 346 g/mol. The predicted molar refractivity (Wildman–Crippen MR) is 93.7 cm³/mol. The lowest BCUT2D eigenvalue weighted by Gasteiger charge is -2.31. The van der Waals surface area contributed by atoms with Crippen molar-refractivity contribution < 1.29 is 19.1 Å². The van der Waals surface area contributed by atoms with E-state index in [9.17, 15) is 9.59 Å². The van der Waals surface area contributed by atoms with Crippen molar-refractivity contribution in [3.05, 3.63) is 23.3 Å². The Morgan fingerprint density at radius 3 is 1.96 bits per heavy atom. The molecule has 0 saturated carbocycles. The van der Waals surface area contributed by atoms with Crippen LogP contribution in [0.1, 0.15) is 36.8 Å². The summed E-state index contributed by atoms with van der Waals surface area (Å²) in [5.41, 5.74) is 2.16. The molecule has 0 atom stereocenters. The second-order valence-electron chi connectivity index (χ2n) is 6.66.